The number of nitrogens with zero attached hydrogens (tertiary/aromatic N) is 2. The highest BCUT2D eigenvalue weighted by Gasteiger charge is 2.15. The Kier molecular flexibility index (Phi) is 3.51. The lowest BCUT2D eigenvalue weighted by Gasteiger charge is -2.22. The lowest BCUT2D eigenvalue weighted by atomic mass is 9.96. The maximum Gasteiger partial charge on any atom is 0.223 e. The molecule has 0 radical (unpaired) electrons. The molecular formula is C18H20N4. The monoisotopic (exact) mass is 292 g/mol. The van der Waals surface area contributed by atoms with Crippen LogP contribution in [0, 0.1) is 0 Å². The minimum Gasteiger partial charge on any atom is -0.360 e. The van der Waals surface area contributed by atoms with Gasteiger partial charge in [0.25, 0.3) is 0 Å². The van der Waals surface area contributed by atoms with Crippen molar-refractivity contribution in [2.45, 2.75) is 38.1 Å². The number of benzene rings is 1. The lowest BCUT2D eigenvalue weighted by molar-refractivity contribution is 0.461. The van der Waals surface area contributed by atoms with Gasteiger partial charge in [-0.25, -0.2) is 9.97 Å². The average molecular weight is 292 g/mol. The van der Waals surface area contributed by atoms with Gasteiger partial charge in [-0.3, -0.25) is 0 Å². The Morgan fingerprint density at radius 3 is 2.82 bits per heavy atom. The third-order valence-electron chi connectivity index (χ3n) is 4.46. The number of H-pyrrole nitrogens is 1. The van der Waals surface area contributed by atoms with Crippen LogP contribution in [-0.4, -0.2) is 21.0 Å². The molecule has 1 aliphatic carbocycles. The van der Waals surface area contributed by atoms with E-state index in [1.807, 2.05) is 24.5 Å². The Bertz CT molecular complexity index is 771. The van der Waals surface area contributed by atoms with Crippen LogP contribution in [0.2, 0.25) is 0 Å². The first-order valence-electron chi connectivity index (χ1n) is 8.06. The summed E-state index contributed by atoms with van der Waals surface area (Å²) < 4.78 is 0. The van der Waals surface area contributed by atoms with Gasteiger partial charge in [0.2, 0.25) is 5.95 Å². The van der Waals surface area contributed by atoms with Crippen LogP contribution >= 0.6 is 0 Å². The maximum atomic E-state index is 4.72. The van der Waals surface area contributed by atoms with Crippen LogP contribution in [0.5, 0.6) is 0 Å². The molecule has 1 fully saturated rings. The minimum absolute atomic E-state index is 0.520. The van der Waals surface area contributed by atoms with E-state index in [0.29, 0.717) is 6.04 Å². The summed E-state index contributed by atoms with van der Waals surface area (Å²) in [6, 6.07) is 10.8. The molecule has 0 saturated heterocycles. The van der Waals surface area contributed by atoms with E-state index in [1.54, 1.807) is 0 Å². The van der Waals surface area contributed by atoms with E-state index >= 15 is 0 Å². The summed E-state index contributed by atoms with van der Waals surface area (Å²) in [5.74, 6) is 0.745. The topological polar surface area (TPSA) is 53.6 Å². The summed E-state index contributed by atoms with van der Waals surface area (Å²) in [7, 11) is 0. The van der Waals surface area contributed by atoms with Gasteiger partial charge in [-0.05, 0) is 25.0 Å². The molecule has 112 valence electrons. The number of fused-ring (bicyclic) bond motifs is 1. The van der Waals surface area contributed by atoms with E-state index in [1.165, 1.54) is 37.5 Å². The zero-order valence-corrected chi connectivity index (χ0v) is 12.5. The Balaban J connectivity index is 1.63. The normalized spacial score (nSPS) is 16.0. The number of para-hydroxylation sites is 1. The van der Waals surface area contributed by atoms with Gasteiger partial charge in [-0.2, -0.15) is 0 Å². The molecule has 22 heavy (non-hydrogen) atoms. The molecule has 4 heteroatoms. The van der Waals surface area contributed by atoms with Gasteiger partial charge >= 0.3 is 0 Å². The molecule has 1 saturated carbocycles. The molecule has 0 spiro atoms. The summed E-state index contributed by atoms with van der Waals surface area (Å²) in [6.07, 6.45) is 10.3. The zero-order chi connectivity index (χ0) is 14.8. The number of rotatable bonds is 3. The van der Waals surface area contributed by atoms with Gasteiger partial charge in [0.05, 0.1) is 5.69 Å². The molecule has 4 rings (SSSR count). The third-order valence-corrected chi connectivity index (χ3v) is 4.46. The molecule has 4 nitrogen and oxygen atoms in total. The predicted molar refractivity (Wildman–Crippen MR) is 89.8 cm³/mol. The molecule has 2 heterocycles. The van der Waals surface area contributed by atoms with Crippen LogP contribution in [0.4, 0.5) is 5.95 Å². The van der Waals surface area contributed by atoms with Crippen LogP contribution in [0.15, 0.2) is 42.7 Å². The summed E-state index contributed by atoms with van der Waals surface area (Å²) >= 11 is 0. The van der Waals surface area contributed by atoms with Crippen LogP contribution in [0.1, 0.15) is 32.1 Å². The van der Waals surface area contributed by atoms with Crippen molar-refractivity contribution in [1.82, 2.24) is 15.0 Å². The van der Waals surface area contributed by atoms with Crippen molar-refractivity contribution < 1.29 is 0 Å². The Morgan fingerprint density at radius 1 is 1.05 bits per heavy atom. The Morgan fingerprint density at radius 2 is 1.91 bits per heavy atom. The lowest BCUT2D eigenvalue weighted by Crippen LogP contribution is -2.23. The van der Waals surface area contributed by atoms with E-state index in [2.05, 4.69) is 33.5 Å². The number of aromatic amines is 1. The molecule has 0 bridgehead atoms. The quantitative estimate of drug-likeness (QED) is 0.753. The van der Waals surface area contributed by atoms with Crippen LogP contribution in [0.25, 0.3) is 22.2 Å². The number of hydrogen-bond donors (Lipinski definition) is 2. The highest BCUT2D eigenvalue weighted by Crippen LogP contribution is 2.27. The van der Waals surface area contributed by atoms with Gasteiger partial charge < -0.3 is 10.3 Å². The average Bonchev–Trinajstić information content (AvgIpc) is 3.00. The second-order valence-corrected chi connectivity index (χ2v) is 5.99. The van der Waals surface area contributed by atoms with Crippen molar-refractivity contribution in [3.63, 3.8) is 0 Å². The molecule has 0 unspecified atom stereocenters. The molecule has 3 aromatic rings. The molecule has 0 amide bonds. The molecule has 1 aromatic carbocycles. The highest BCUT2D eigenvalue weighted by atomic mass is 15.1. The first-order valence-corrected chi connectivity index (χ1v) is 8.06. The summed E-state index contributed by atoms with van der Waals surface area (Å²) in [5, 5.41) is 4.70. The predicted octanol–water partition coefficient (Wildman–Crippen LogP) is 4.37. The fraction of sp³-hybridized carbons (Fsp3) is 0.333. The number of hydrogen-bond acceptors (Lipinski definition) is 3. The molecule has 2 aromatic heterocycles. The maximum absolute atomic E-state index is 4.72. The van der Waals surface area contributed by atoms with Crippen molar-refractivity contribution in [2.24, 2.45) is 0 Å². The summed E-state index contributed by atoms with van der Waals surface area (Å²) in [4.78, 5) is 12.4. The first-order chi connectivity index (χ1) is 10.9. The highest BCUT2D eigenvalue weighted by molar-refractivity contribution is 5.94. The summed E-state index contributed by atoms with van der Waals surface area (Å²) in [5.41, 5.74) is 3.23. The van der Waals surface area contributed by atoms with Crippen LogP contribution < -0.4 is 5.32 Å². The van der Waals surface area contributed by atoms with E-state index in [0.717, 1.165) is 22.7 Å². The summed E-state index contributed by atoms with van der Waals surface area (Å²) in [6.45, 7) is 0. The SMILES string of the molecule is c1ccc2c(-c3ccnc(NC4CCCCC4)n3)c[nH]c2c1. The zero-order valence-electron chi connectivity index (χ0n) is 12.5. The Labute approximate surface area is 130 Å². The molecule has 0 atom stereocenters. The largest absolute Gasteiger partial charge is 0.360 e. The van der Waals surface area contributed by atoms with Crippen LogP contribution in [0.3, 0.4) is 0 Å². The van der Waals surface area contributed by atoms with Gasteiger partial charge in [0.15, 0.2) is 0 Å². The second-order valence-electron chi connectivity index (χ2n) is 5.99. The fourth-order valence-corrected chi connectivity index (χ4v) is 3.29. The third kappa shape index (κ3) is 2.56. The van der Waals surface area contributed by atoms with Crippen molar-refractivity contribution in [1.29, 1.82) is 0 Å². The smallest absolute Gasteiger partial charge is 0.223 e. The number of aromatic nitrogens is 3. The van der Waals surface area contributed by atoms with E-state index in [4.69, 9.17) is 4.98 Å². The second kappa shape index (κ2) is 5.79. The van der Waals surface area contributed by atoms with Crippen molar-refractivity contribution in [2.75, 3.05) is 5.32 Å². The number of nitrogens with one attached hydrogen (secondary N) is 2. The molecule has 2 N–H and O–H groups in total. The van der Waals surface area contributed by atoms with Crippen LogP contribution in [-0.2, 0) is 0 Å². The first kappa shape index (κ1) is 13.3. The van der Waals surface area contributed by atoms with E-state index in [-0.39, 0.29) is 0 Å². The standard InChI is InChI=1S/C18H20N4/c1-2-6-13(7-3-1)21-18-19-11-10-17(22-18)15-12-20-16-9-5-4-8-14(15)16/h4-5,8-13,20H,1-3,6-7H2,(H,19,21,22). The molecule has 0 aliphatic heterocycles. The molecular weight excluding hydrogens is 272 g/mol. The van der Waals surface area contributed by atoms with Gasteiger partial charge in [0.1, 0.15) is 0 Å². The Hall–Kier alpha value is -2.36. The van der Waals surface area contributed by atoms with Gasteiger partial charge in [-0.15, -0.1) is 0 Å². The van der Waals surface area contributed by atoms with Crippen molar-refractivity contribution >= 4 is 16.9 Å². The van der Waals surface area contributed by atoms with Crippen molar-refractivity contribution in [3.05, 3.63) is 42.7 Å². The minimum atomic E-state index is 0.520. The van der Waals surface area contributed by atoms with Crippen molar-refractivity contribution in [3.8, 4) is 11.3 Å². The number of anilines is 1. The van der Waals surface area contributed by atoms with E-state index in [9.17, 15) is 0 Å². The van der Waals surface area contributed by atoms with E-state index < -0.39 is 0 Å². The fourth-order valence-electron chi connectivity index (χ4n) is 3.29. The molecule has 1 aliphatic rings. The van der Waals surface area contributed by atoms with Gasteiger partial charge in [-0.1, -0.05) is 37.5 Å². The van der Waals surface area contributed by atoms with Gasteiger partial charge in [0, 0.05) is 34.9 Å².